The molecule has 18 heavy (non-hydrogen) atoms. The minimum Gasteiger partial charge on any atom is -0.327 e. The van der Waals surface area contributed by atoms with Crippen molar-refractivity contribution in [3.8, 4) is 0 Å². The van der Waals surface area contributed by atoms with Gasteiger partial charge < -0.3 is 5.73 Å². The molecule has 4 atom stereocenters. The summed E-state index contributed by atoms with van der Waals surface area (Å²) in [5.74, 6) is 2.83. The molecule has 2 N–H and O–H groups in total. The molecule has 0 spiro atoms. The van der Waals surface area contributed by atoms with Gasteiger partial charge in [-0.05, 0) is 65.8 Å². The van der Waals surface area contributed by atoms with E-state index in [1.807, 2.05) is 0 Å². The standard InChI is InChI=1S/C16H25NS/c17-16(9-12-7-8-18-11-12)15-6-5-13-3-1-2-4-14(13)10-15/h7-8,11,13-16H,1-6,9-10,17H2. The summed E-state index contributed by atoms with van der Waals surface area (Å²) in [7, 11) is 0. The highest BCUT2D eigenvalue weighted by molar-refractivity contribution is 7.07. The number of fused-ring (bicyclic) bond motifs is 1. The molecule has 1 aromatic rings. The molecular weight excluding hydrogens is 238 g/mol. The SMILES string of the molecule is NC(Cc1ccsc1)C1CCC2CCCCC2C1. The van der Waals surface area contributed by atoms with Crippen molar-refractivity contribution in [2.45, 2.75) is 57.4 Å². The number of thiophene rings is 1. The normalized spacial score (nSPS) is 33.9. The summed E-state index contributed by atoms with van der Waals surface area (Å²) in [5.41, 5.74) is 7.91. The topological polar surface area (TPSA) is 26.0 Å². The van der Waals surface area contributed by atoms with Gasteiger partial charge in [0.1, 0.15) is 0 Å². The average Bonchev–Trinajstić information content (AvgIpc) is 2.91. The molecule has 0 aromatic carbocycles. The van der Waals surface area contributed by atoms with E-state index in [0.717, 1.165) is 24.2 Å². The Kier molecular flexibility index (Phi) is 4.05. The average molecular weight is 263 g/mol. The third-order valence-electron chi connectivity index (χ3n) is 5.24. The molecule has 2 aliphatic carbocycles. The lowest BCUT2D eigenvalue weighted by atomic mass is 9.66. The van der Waals surface area contributed by atoms with Crippen LogP contribution in [0, 0.1) is 17.8 Å². The molecule has 2 saturated carbocycles. The van der Waals surface area contributed by atoms with Gasteiger partial charge in [0.05, 0.1) is 0 Å². The first kappa shape index (κ1) is 12.7. The Morgan fingerprint density at radius 1 is 1.17 bits per heavy atom. The van der Waals surface area contributed by atoms with Crippen LogP contribution in [-0.4, -0.2) is 6.04 Å². The third-order valence-corrected chi connectivity index (χ3v) is 5.97. The van der Waals surface area contributed by atoms with Crippen LogP contribution in [0.5, 0.6) is 0 Å². The zero-order chi connectivity index (χ0) is 12.4. The molecule has 2 aliphatic rings. The number of hydrogen-bond donors (Lipinski definition) is 1. The fraction of sp³-hybridized carbons (Fsp3) is 0.750. The third kappa shape index (κ3) is 2.80. The van der Waals surface area contributed by atoms with Crippen LogP contribution in [0.1, 0.15) is 50.5 Å². The molecule has 3 rings (SSSR count). The zero-order valence-corrected chi connectivity index (χ0v) is 12.0. The Bertz CT molecular complexity index is 359. The van der Waals surface area contributed by atoms with Gasteiger partial charge in [-0.25, -0.2) is 0 Å². The van der Waals surface area contributed by atoms with Crippen LogP contribution in [0.4, 0.5) is 0 Å². The minimum atomic E-state index is 0.391. The Balaban J connectivity index is 1.56. The number of rotatable bonds is 3. The van der Waals surface area contributed by atoms with E-state index in [2.05, 4.69) is 16.8 Å². The molecule has 0 aliphatic heterocycles. The fourth-order valence-corrected chi connectivity index (χ4v) is 4.83. The van der Waals surface area contributed by atoms with Gasteiger partial charge in [0.2, 0.25) is 0 Å². The molecule has 1 aromatic heterocycles. The molecule has 0 amide bonds. The smallest absolute Gasteiger partial charge is 0.0108 e. The van der Waals surface area contributed by atoms with Gasteiger partial charge in [0.25, 0.3) is 0 Å². The van der Waals surface area contributed by atoms with Gasteiger partial charge >= 0.3 is 0 Å². The monoisotopic (exact) mass is 263 g/mol. The van der Waals surface area contributed by atoms with Crippen LogP contribution in [0.25, 0.3) is 0 Å². The first-order valence-corrected chi connectivity index (χ1v) is 8.54. The Morgan fingerprint density at radius 3 is 2.78 bits per heavy atom. The number of hydrogen-bond acceptors (Lipinski definition) is 2. The molecule has 4 unspecified atom stereocenters. The van der Waals surface area contributed by atoms with E-state index in [1.165, 1.54) is 50.5 Å². The van der Waals surface area contributed by atoms with Crippen LogP contribution >= 0.6 is 11.3 Å². The quantitative estimate of drug-likeness (QED) is 0.868. The van der Waals surface area contributed by atoms with E-state index >= 15 is 0 Å². The summed E-state index contributed by atoms with van der Waals surface area (Å²) in [6.45, 7) is 0. The van der Waals surface area contributed by atoms with Crippen LogP contribution in [0.2, 0.25) is 0 Å². The first-order valence-electron chi connectivity index (χ1n) is 7.59. The fourth-order valence-electron chi connectivity index (χ4n) is 4.15. The highest BCUT2D eigenvalue weighted by atomic mass is 32.1. The second-order valence-electron chi connectivity index (χ2n) is 6.38. The summed E-state index contributed by atoms with van der Waals surface area (Å²) in [6.07, 6.45) is 11.3. The van der Waals surface area contributed by atoms with Crippen molar-refractivity contribution >= 4 is 11.3 Å². The maximum Gasteiger partial charge on any atom is 0.0108 e. The Morgan fingerprint density at radius 2 is 2.00 bits per heavy atom. The minimum absolute atomic E-state index is 0.391. The van der Waals surface area contributed by atoms with Crippen molar-refractivity contribution in [1.29, 1.82) is 0 Å². The van der Waals surface area contributed by atoms with Crippen molar-refractivity contribution in [3.63, 3.8) is 0 Å². The highest BCUT2D eigenvalue weighted by Gasteiger charge is 2.34. The van der Waals surface area contributed by atoms with E-state index in [4.69, 9.17) is 5.73 Å². The molecule has 0 bridgehead atoms. The van der Waals surface area contributed by atoms with E-state index < -0.39 is 0 Å². The lowest BCUT2D eigenvalue weighted by Gasteiger charge is -2.41. The van der Waals surface area contributed by atoms with Gasteiger partial charge in [-0.3, -0.25) is 0 Å². The maximum absolute atomic E-state index is 6.47. The highest BCUT2D eigenvalue weighted by Crippen LogP contribution is 2.43. The van der Waals surface area contributed by atoms with Crippen molar-refractivity contribution in [2.24, 2.45) is 23.5 Å². The van der Waals surface area contributed by atoms with E-state index in [-0.39, 0.29) is 0 Å². The predicted octanol–water partition coefficient (Wildman–Crippen LogP) is 4.22. The summed E-state index contributed by atoms with van der Waals surface area (Å²) >= 11 is 1.79. The molecule has 2 heteroatoms. The summed E-state index contributed by atoms with van der Waals surface area (Å²) in [4.78, 5) is 0. The maximum atomic E-state index is 6.47. The first-order chi connectivity index (χ1) is 8.83. The predicted molar refractivity (Wildman–Crippen MR) is 78.8 cm³/mol. The molecule has 100 valence electrons. The Hall–Kier alpha value is -0.340. The van der Waals surface area contributed by atoms with E-state index in [1.54, 1.807) is 11.3 Å². The number of nitrogens with two attached hydrogens (primary N) is 1. The Labute approximate surface area is 115 Å². The van der Waals surface area contributed by atoms with E-state index in [9.17, 15) is 0 Å². The summed E-state index contributed by atoms with van der Waals surface area (Å²) in [5, 5.41) is 4.42. The van der Waals surface area contributed by atoms with Crippen molar-refractivity contribution in [2.75, 3.05) is 0 Å². The van der Waals surface area contributed by atoms with Crippen LogP contribution in [-0.2, 0) is 6.42 Å². The van der Waals surface area contributed by atoms with Gasteiger partial charge in [-0.15, -0.1) is 0 Å². The second kappa shape index (κ2) is 5.75. The summed E-state index contributed by atoms with van der Waals surface area (Å²) < 4.78 is 0. The van der Waals surface area contributed by atoms with Crippen molar-refractivity contribution in [3.05, 3.63) is 22.4 Å². The molecule has 2 fully saturated rings. The van der Waals surface area contributed by atoms with Gasteiger partial charge in [-0.2, -0.15) is 11.3 Å². The van der Waals surface area contributed by atoms with Gasteiger partial charge in [0, 0.05) is 6.04 Å². The lowest BCUT2D eigenvalue weighted by molar-refractivity contribution is 0.117. The molecule has 1 nitrogen and oxygen atoms in total. The summed E-state index contributed by atoms with van der Waals surface area (Å²) in [6, 6.07) is 2.62. The zero-order valence-electron chi connectivity index (χ0n) is 11.2. The van der Waals surface area contributed by atoms with Crippen molar-refractivity contribution in [1.82, 2.24) is 0 Å². The van der Waals surface area contributed by atoms with E-state index in [0.29, 0.717) is 6.04 Å². The van der Waals surface area contributed by atoms with Crippen LogP contribution in [0.3, 0.4) is 0 Å². The second-order valence-corrected chi connectivity index (χ2v) is 7.16. The molecule has 0 radical (unpaired) electrons. The van der Waals surface area contributed by atoms with Crippen molar-refractivity contribution < 1.29 is 0 Å². The molecule has 1 heterocycles. The molecule has 0 saturated heterocycles. The van der Waals surface area contributed by atoms with Crippen LogP contribution < -0.4 is 5.73 Å². The van der Waals surface area contributed by atoms with Crippen LogP contribution in [0.15, 0.2) is 16.8 Å². The van der Waals surface area contributed by atoms with Gasteiger partial charge in [0.15, 0.2) is 0 Å². The van der Waals surface area contributed by atoms with Gasteiger partial charge in [-0.1, -0.05) is 25.7 Å². The lowest BCUT2D eigenvalue weighted by Crippen LogP contribution is -2.38. The molecular formula is C16H25NS. The largest absolute Gasteiger partial charge is 0.327 e.